The fourth-order valence-electron chi connectivity index (χ4n) is 1.92. The minimum atomic E-state index is -0.928. The van der Waals surface area contributed by atoms with Crippen molar-refractivity contribution in [1.82, 2.24) is 0 Å². The number of ether oxygens (including phenoxy) is 1. The third kappa shape index (κ3) is 3.67. The van der Waals surface area contributed by atoms with Crippen molar-refractivity contribution in [3.05, 3.63) is 69.2 Å². The molecule has 3 nitrogen and oxygen atoms in total. The first-order valence-corrected chi connectivity index (χ1v) is 7.41. The van der Waals surface area contributed by atoms with Crippen LogP contribution in [-0.2, 0) is 4.74 Å². The van der Waals surface area contributed by atoms with E-state index in [1.165, 1.54) is 19.1 Å². The zero-order valence-corrected chi connectivity index (χ0v) is 13.6. The Morgan fingerprint density at radius 1 is 1.00 bits per heavy atom. The van der Waals surface area contributed by atoms with E-state index in [4.69, 9.17) is 27.9 Å². The number of rotatable bonds is 4. The van der Waals surface area contributed by atoms with E-state index in [1.807, 2.05) is 19.1 Å². The fraction of sp³-hybridized carbons (Fsp3) is 0.176. The molecule has 2 aromatic rings. The second-order valence-electron chi connectivity index (χ2n) is 4.87. The van der Waals surface area contributed by atoms with Gasteiger partial charge in [0.25, 0.3) is 0 Å². The van der Waals surface area contributed by atoms with E-state index < -0.39 is 12.1 Å². The third-order valence-corrected chi connectivity index (χ3v) is 3.79. The van der Waals surface area contributed by atoms with E-state index in [0.29, 0.717) is 5.56 Å². The van der Waals surface area contributed by atoms with Gasteiger partial charge in [-0.15, -0.1) is 0 Å². The lowest BCUT2D eigenvalue weighted by Gasteiger charge is -2.14. The number of carbonyl (C=O) groups excluding carboxylic acids is 2. The van der Waals surface area contributed by atoms with Gasteiger partial charge >= 0.3 is 5.97 Å². The van der Waals surface area contributed by atoms with Crippen molar-refractivity contribution in [1.29, 1.82) is 0 Å². The molecule has 0 aliphatic heterocycles. The summed E-state index contributed by atoms with van der Waals surface area (Å²) >= 11 is 11.9. The van der Waals surface area contributed by atoms with Gasteiger partial charge in [-0.25, -0.2) is 4.79 Å². The van der Waals surface area contributed by atoms with Crippen molar-refractivity contribution >= 4 is 35.0 Å². The minimum Gasteiger partial charge on any atom is -0.451 e. The molecule has 1 atom stereocenters. The van der Waals surface area contributed by atoms with Gasteiger partial charge in [0.15, 0.2) is 6.10 Å². The van der Waals surface area contributed by atoms with E-state index in [-0.39, 0.29) is 21.4 Å². The van der Waals surface area contributed by atoms with Gasteiger partial charge in [-0.2, -0.15) is 0 Å². The van der Waals surface area contributed by atoms with Crippen molar-refractivity contribution in [2.75, 3.05) is 0 Å². The Morgan fingerprint density at radius 3 is 2.09 bits per heavy atom. The van der Waals surface area contributed by atoms with Gasteiger partial charge < -0.3 is 4.74 Å². The van der Waals surface area contributed by atoms with Gasteiger partial charge in [-0.1, -0.05) is 59.1 Å². The summed E-state index contributed by atoms with van der Waals surface area (Å²) in [5, 5.41) is 0.375. The number of hydrogen-bond donors (Lipinski definition) is 0. The summed E-state index contributed by atoms with van der Waals surface area (Å²) in [5.74, 6) is -1.000. The lowest BCUT2D eigenvalue weighted by Crippen LogP contribution is -2.24. The largest absolute Gasteiger partial charge is 0.451 e. The molecule has 114 valence electrons. The summed E-state index contributed by atoms with van der Waals surface area (Å²) in [6.07, 6.45) is -0.928. The average Bonchev–Trinajstić information content (AvgIpc) is 2.47. The van der Waals surface area contributed by atoms with Crippen LogP contribution in [0, 0.1) is 6.92 Å². The summed E-state index contributed by atoms with van der Waals surface area (Å²) < 4.78 is 5.19. The predicted molar refractivity (Wildman–Crippen MR) is 86.8 cm³/mol. The maximum Gasteiger partial charge on any atom is 0.341 e. The van der Waals surface area contributed by atoms with E-state index in [0.717, 1.165) is 5.56 Å². The molecule has 0 saturated carbocycles. The maximum atomic E-state index is 12.2. The molecular formula is C17H14Cl2O3. The Balaban J connectivity index is 2.14. The SMILES string of the molecule is Cc1ccc(C(=O)[C@H](C)OC(=O)c2c(Cl)cccc2Cl)cc1. The van der Waals surface area contributed by atoms with Crippen LogP contribution in [0.3, 0.4) is 0 Å². The first kappa shape index (κ1) is 16.5. The highest BCUT2D eigenvalue weighted by atomic mass is 35.5. The van der Waals surface area contributed by atoms with Crippen LogP contribution < -0.4 is 0 Å². The van der Waals surface area contributed by atoms with Gasteiger partial charge in [-0.05, 0) is 26.0 Å². The second-order valence-corrected chi connectivity index (χ2v) is 5.69. The van der Waals surface area contributed by atoms with Crippen molar-refractivity contribution in [3.63, 3.8) is 0 Å². The molecule has 0 amide bonds. The Bertz CT molecular complexity index is 688. The Morgan fingerprint density at radius 2 is 1.55 bits per heavy atom. The molecule has 0 bridgehead atoms. The van der Waals surface area contributed by atoms with Crippen LogP contribution in [0.25, 0.3) is 0 Å². The summed E-state index contributed by atoms with van der Waals surface area (Å²) in [4.78, 5) is 24.4. The van der Waals surface area contributed by atoms with E-state index in [9.17, 15) is 9.59 Å². The van der Waals surface area contributed by atoms with Crippen LogP contribution in [0.4, 0.5) is 0 Å². The molecule has 2 aromatic carbocycles. The van der Waals surface area contributed by atoms with Crippen molar-refractivity contribution < 1.29 is 14.3 Å². The molecule has 0 saturated heterocycles. The molecule has 0 unspecified atom stereocenters. The smallest absolute Gasteiger partial charge is 0.341 e. The molecular weight excluding hydrogens is 323 g/mol. The van der Waals surface area contributed by atoms with Gasteiger partial charge in [0.05, 0.1) is 15.6 Å². The normalized spacial score (nSPS) is 11.8. The molecule has 0 radical (unpaired) electrons. The van der Waals surface area contributed by atoms with Crippen LogP contribution in [-0.4, -0.2) is 17.9 Å². The summed E-state index contributed by atoms with van der Waals surface area (Å²) in [6, 6.07) is 11.8. The molecule has 0 N–H and O–H groups in total. The number of Topliss-reactive ketones (excluding diaryl/α,β-unsaturated/α-hetero) is 1. The van der Waals surface area contributed by atoms with Gasteiger partial charge in [0, 0.05) is 5.56 Å². The monoisotopic (exact) mass is 336 g/mol. The zero-order valence-electron chi connectivity index (χ0n) is 12.1. The van der Waals surface area contributed by atoms with E-state index >= 15 is 0 Å². The van der Waals surface area contributed by atoms with Crippen molar-refractivity contribution in [2.45, 2.75) is 20.0 Å². The summed E-state index contributed by atoms with van der Waals surface area (Å²) in [7, 11) is 0. The van der Waals surface area contributed by atoms with Crippen LogP contribution in [0.15, 0.2) is 42.5 Å². The molecule has 5 heteroatoms. The second kappa shape index (κ2) is 6.95. The minimum absolute atomic E-state index is 0.0642. The quantitative estimate of drug-likeness (QED) is 0.598. The van der Waals surface area contributed by atoms with Crippen LogP contribution in [0.5, 0.6) is 0 Å². The maximum absolute atomic E-state index is 12.2. The standard InChI is InChI=1S/C17H14Cl2O3/c1-10-6-8-12(9-7-10)16(20)11(2)22-17(21)15-13(18)4-3-5-14(15)19/h3-9,11H,1-2H3/t11-/m0/s1. The topological polar surface area (TPSA) is 43.4 Å². The highest BCUT2D eigenvalue weighted by molar-refractivity contribution is 6.39. The third-order valence-electron chi connectivity index (χ3n) is 3.16. The molecule has 0 heterocycles. The zero-order chi connectivity index (χ0) is 16.3. The number of ketones is 1. The summed E-state index contributed by atoms with van der Waals surface area (Å²) in [6.45, 7) is 3.45. The van der Waals surface area contributed by atoms with Crippen molar-refractivity contribution in [2.24, 2.45) is 0 Å². The number of hydrogen-bond acceptors (Lipinski definition) is 3. The highest BCUT2D eigenvalue weighted by Crippen LogP contribution is 2.25. The van der Waals surface area contributed by atoms with Gasteiger partial charge in [0.2, 0.25) is 5.78 Å². The molecule has 0 aliphatic rings. The number of esters is 1. The lowest BCUT2D eigenvalue weighted by atomic mass is 10.1. The molecule has 0 aliphatic carbocycles. The highest BCUT2D eigenvalue weighted by Gasteiger charge is 2.23. The Kier molecular flexibility index (Phi) is 5.22. The fourth-order valence-corrected chi connectivity index (χ4v) is 2.47. The molecule has 0 spiro atoms. The van der Waals surface area contributed by atoms with Crippen LogP contribution in [0.2, 0.25) is 10.0 Å². The Hall–Kier alpha value is -1.84. The van der Waals surface area contributed by atoms with E-state index in [2.05, 4.69) is 0 Å². The Labute approximate surface area is 138 Å². The van der Waals surface area contributed by atoms with Crippen LogP contribution >= 0.6 is 23.2 Å². The molecule has 0 aromatic heterocycles. The predicted octanol–water partition coefficient (Wildman–Crippen LogP) is 4.73. The molecule has 22 heavy (non-hydrogen) atoms. The first-order chi connectivity index (χ1) is 10.4. The first-order valence-electron chi connectivity index (χ1n) is 6.66. The average molecular weight is 337 g/mol. The number of carbonyl (C=O) groups is 2. The van der Waals surface area contributed by atoms with Gasteiger partial charge in [0.1, 0.15) is 0 Å². The molecule has 0 fully saturated rings. The van der Waals surface area contributed by atoms with Gasteiger partial charge in [-0.3, -0.25) is 4.79 Å². The van der Waals surface area contributed by atoms with Crippen molar-refractivity contribution in [3.8, 4) is 0 Å². The molecule has 2 rings (SSSR count). The number of aryl methyl sites for hydroxylation is 1. The number of halogens is 2. The van der Waals surface area contributed by atoms with E-state index in [1.54, 1.807) is 18.2 Å². The van der Waals surface area contributed by atoms with Crippen LogP contribution in [0.1, 0.15) is 33.2 Å². The summed E-state index contributed by atoms with van der Waals surface area (Å²) in [5.41, 5.74) is 1.59. The lowest BCUT2D eigenvalue weighted by molar-refractivity contribution is 0.0319. The number of benzene rings is 2.